The third-order valence-corrected chi connectivity index (χ3v) is 5.84. The summed E-state index contributed by atoms with van der Waals surface area (Å²) < 4.78 is 0. The normalized spacial score (nSPS) is 19.9. The van der Waals surface area contributed by atoms with E-state index < -0.39 is 5.97 Å². The minimum atomic E-state index is -0.759. The number of nitrogens with zero attached hydrogens (tertiary/aromatic N) is 4. The number of carbonyl (C=O) groups excluding carboxylic acids is 1. The molecule has 0 radical (unpaired) electrons. The molecule has 1 aromatic heterocycles. The summed E-state index contributed by atoms with van der Waals surface area (Å²) in [5.74, 6) is -1.12. The first-order chi connectivity index (χ1) is 14.1. The average Bonchev–Trinajstić information content (AvgIpc) is 2.79. The van der Waals surface area contributed by atoms with Crippen molar-refractivity contribution in [1.82, 2.24) is 9.88 Å². The van der Waals surface area contributed by atoms with Crippen LogP contribution < -0.4 is 9.80 Å². The lowest BCUT2D eigenvalue weighted by Gasteiger charge is -2.37. The van der Waals surface area contributed by atoms with Crippen molar-refractivity contribution in [3.05, 3.63) is 54.4 Å². The van der Waals surface area contributed by atoms with Crippen LogP contribution in [0.4, 0.5) is 11.4 Å². The Morgan fingerprint density at radius 3 is 2.38 bits per heavy atom. The number of aliphatic carboxylic acids is 1. The molecule has 1 amide bonds. The summed E-state index contributed by atoms with van der Waals surface area (Å²) in [4.78, 5) is 35.0. The van der Waals surface area contributed by atoms with Gasteiger partial charge >= 0.3 is 5.97 Å². The number of piperazine rings is 1. The lowest BCUT2D eigenvalue weighted by Crippen LogP contribution is -2.49. The van der Waals surface area contributed by atoms with E-state index >= 15 is 0 Å². The van der Waals surface area contributed by atoms with E-state index in [1.54, 1.807) is 12.4 Å². The third kappa shape index (κ3) is 4.18. The van der Waals surface area contributed by atoms with E-state index in [2.05, 4.69) is 14.8 Å². The second-order valence-corrected chi connectivity index (χ2v) is 7.63. The van der Waals surface area contributed by atoms with E-state index in [0.29, 0.717) is 31.6 Å². The molecule has 0 spiro atoms. The van der Waals surface area contributed by atoms with Crippen LogP contribution in [0.3, 0.4) is 0 Å². The molecule has 2 saturated heterocycles. The Labute approximate surface area is 170 Å². The maximum atomic E-state index is 13.3. The molecule has 1 N–H and O–H groups in total. The quantitative estimate of drug-likeness (QED) is 0.858. The summed E-state index contributed by atoms with van der Waals surface area (Å²) in [7, 11) is 0. The Morgan fingerprint density at radius 2 is 1.66 bits per heavy atom. The van der Waals surface area contributed by atoms with Crippen molar-refractivity contribution in [2.24, 2.45) is 5.92 Å². The molecular formula is C22H26N4O3. The van der Waals surface area contributed by atoms with Gasteiger partial charge in [-0.2, -0.15) is 0 Å². The molecule has 7 nitrogen and oxygen atoms in total. The fraction of sp³-hybridized carbons (Fsp3) is 0.409. The van der Waals surface area contributed by atoms with Crippen LogP contribution in [0.2, 0.25) is 0 Å². The van der Waals surface area contributed by atoms with E-state index in [4.69, 9.17) is 0 Å². The summed E-state index contributed by atoms with van der Waals surface area (Å²) in [5, 5.41) is 9.39. The largest absolute Gasteiger partial charge is 0.481 e. The van der Waals surface area contributed by atoms with Gasteiger partial charge in [0.25, 0.3) is 5.91 Å². The number of carbonyl (C=O) groups is 2. The van der Waals surface area contributed by atoms with Gasteiger partial charge in [-0.15, -0.1) is 0 Å². The zero-order valence-corrected chi connectivity index (χ0v) is 16.4. The number of carboxylic acids is 1. The Morgan fingerprint density at radius 1 is 0.931 bits per heavy atom. The predicted molar refractivity (Wildman–Crippen MR) is 111 cm³/mol. The number of para-hydroxylation sites is 1. The lowest BCUT2D eigenvalue weighted by molar-refractivity contribution is -0.141. The van der Waals surface area contributed by atoms with Crippen LogP contribution in [0.1, 0.15) is 23.2 Å². The molecule has 0 saturated carbocycles. The van der Waals surface area contributed by atoms with E-state index in [0.717, 1.165) is 37.4 Å². The van der Waals surface area contributed by atoms with E-state index in [1.807, 2.05) is 41.3 Å². The van der Waals surface area contributed by atoms with Gasteiger partial charge in [0.15, 0.2) is 0 Å². The van der Waals surface area contributed by atoms with Crippen LogP contribution >= 0.6 is 0 Å². The van der Waals surface area contributed by atoms with Gasteiger partial charge in [0.1, 0.15) is 0 Å². The van der Waals surface area contributed by atoms with Gasteiger partial charge in [-0.1, -0.05) is 12.1 Å². The van der Waals surface area contributed by atoms with Gasteiger partial charge in [0.2, 0.25) is 0 Å². The van der Waals surface area contributed by atoms with E-state index in [1.165, 1.54) is 0 Å². The summed E-state index contributed by atoms with van der Waals surface area (Å²) in [5.41, 5.74) is 2.64. The van der Waals surface area contributed by atoms with Gasteiger partial charge < -0.3 is 19.8 Å². The number of piperidine rings is 1. The molecule has 3 heterocycles. The molecule has 29 heavy (non-hydrogen) atoms. The highest BCUT2D eigenvalue weighted by Gasteiger charge is 2.29. The topological polar surface area (TPSA) is 77.0 Å². The van der Waals surface area contributed by atoms with Crippen LogP contribution in [0.15, 0.2) is 48.8 Å². The molecule has 1 aromatic carbocycles. The summed E-state index contributed by atoms with van der Waals surface area (Å²) >= 11 is 0. The minimum absolute atomic E-state index is 0.0208. The maximum Gasteiger partial charge on any atom is 0.308 e. The van der Waals surface area contributed by atoms with Crippen molar-refractivity contribution in [1.29, 1.82) is 0 Å². The zero-order chi connectivity index (χ0) is 20.2. The number of rotatable bonds is 4. The van der Waals surface area contributed by atoms with Crippen LogP contribution in [-0.2, 0) is 4.79 Å². The van der Waals surface area contributed by atoms with Crippen molar-refractivity contribution in [2.45, 2.75) is 12.8 Å². The zero-order valence-electron chi connectivity index (χ0n) is 16.4. The second kappa shape index (κ2) is 8.51. The standard InChI is InChI=1S/C22H26N4O3/c27-21(25-14-12-24(13-15-25)18-7-9-23-10-8-18)19-5-1-2-6-20(19)26-11-3-4-17(16-26)22(28)29/h1-2,5-10,17H,3-4,11-16H2,(H,28,29). The molecule has 1 unspecified atom stereocenters. The average molecular weight is 394 g/mol. The molecule has 2 aliphatic rings. The Kier molecular flexibility index (Phi) is 5.64. The van der Waals surface area contributed by atoms with Gasteiger partial charge in [-0.25, -0.2) is 0 Å². The predicted octanol–water partition coefficient (Wildman–Crippen LogP) is 2.35. The van der Waals surface area contributed by atoms with Crippen molar-refractivity contribution >= 4 is 23.3 Å². The monoisotopic (exact) mass is 394 g/mol. The number of anilines is 2. The van der Waals surface area contributed by atoms with Crippen LogP contribution in [-0.4, -0.2) is 66.1 Å². The molecule has 0 aliphatic carbocycles. The lowest BCUT2D eigenvalue weighted by atomic mass is 9.97. The molecule has 2 aliphatic heterocycles. The summed E-state index contributed by atoms with van der Waals surface area (Å²) in [6.07, 6.45) is 5.08. The van der Waals surface area contributed by atoms with Crippen LogP contribution in [0.25, 0.3) is 0 Å². The molecular weight excluding hydrogens is 368 g/mol. The first-order valence-corrected chi connectivity index (χ1v) is 10.1. The number of aromatic nitrogens is 1. The number of carboxylic acid groups (broad SMARTS) is 1. The van der Waals surface area contributed by atoms with Crippen molar-refractivity contribution in [3.8, 4) is 0 Å². The number of hydrogen-bond donors (Lipinski definition) is 1. The molecule has 2 fully saturated rings. The molecule has 4 rings (SSSR count). The van der Waals surface area contributed by atoms with Crippen molar-refractivity contribution in [2.75, 3.05) is 49.1 Å². The van der Waals surface area contributed by atoms with Gasteiger partial charge in [-0.05, 0) is 37.1 Å². The highest BCUT2D eigenvalue weighted by molar-refractivity contribution is 6.00. The summed E-state index contributed by atoms with van der Waals surface area (Å²) in [6, 6.07) is 11.6. The SMILES string of the molecule is O=C(O)C1CCCN(c2ccccc2C(=O)N2CCN(c3ccncc3)CC2)C1. The summed E-state index contributed by atoms with van der Waals surface area (Å²) in [6.45, 7) is 4.12. The molecule has 2 aromatic rings. The third-order valence-electron chi connectivity index (χ3n) is 5.84. The Bertz CT molecular complexity index is 865. The van der Waals surface area contributed by atoms with E-state index in [9.17, 15) is 14.7 Å². The molecule has 152 valence electrons. The molecule has 7 heteroatoms. The highest BCUT2D eigenvalue weighted by Crippen LogP contribution is 2.28. The van der Waals surface area contributed by atoms with Gasteiger partial charge in [-0.3, -0.25) is 14.6 Å². The van der Waals surface area contributed by atoms with Crippen molar-refractivity contribution < 1.29 is 14.7 Å². The van der Waals surface area contributed by atoms with Crippen LogP contribution in [0, 0.1) is 5.92 Å². The van der Waals surface area contributed by atoms with Crippen molar-refractivity contribution in [3.63, 3.8) is 0 Å². The number of benzene rings is 1. The highest BCUT2D eigenvalue weighted by atomic mass is 16.4. The number of pyridine rings is 1. The smallest absolute Gasteiger partial charge is 0.308 e. The first-order valence-electron chi connectivity index (χ1n) is 10.1. The maximum absolute atomic E-state index is 13.3. The number of hydrogen-bond acceptors (Lipinski definition) is 5. The van der Waals surface area contributed by atoms with E-state index in [-0.39, 0.29) is 11.8 Å². The number of amides is 1. The Balaban J connectivity index is 1.47. The van der Waals surface area contributed by atoms with Crippen LogP contribution in [0.5, 0.6) is 0 Å². The minimum Gasteiger partial charge on any atom is -0.481 e. The fourth-order valence-electron chi connectivity index (χ4n) is 4.22. The first kappa shape index (κ1) is 19.2. The second-order valence-electron chi connectivity index (χ2n) is 7.63. The van der Waals surface area contributed by atoms with Gasteiger partial charge in [0.05, 0.1) is 11.5 Å². The fourth-order valence-corrected chi connectivity index (χ4v) is 4.22. The Hall–Kier alpha value is -3.09. The van der Waals surface area contributed by atoms with Gasteiger partial charge in [0, 0.05) is 63.0 Å². The molecule has 1 atom stereocenters. The molecule has 0 bridgehead atoms.